The SMILES string of the molecule is CC[C@H](O)c1ccccc1SCc1ccco1. The molecule has 0 saturated carbocycles. The second-order valence-electron chi connectivity index (χ2n) is 3.83. The molecule has 0 amide bonds. The maximum Gasteiger partial charge on any atom is 0.113 e. The Balaban J connectivity index is 2.09. The van der Waals surface area contributed by atoms with E-state index >= 15 is 0 Å². The molecule has 0 bridgehead atoms. The van der Waals surface area contributed by atoms with E-state index in [0.717, 1.165) is 28.4 Å². The highest BCUT2D eigenvalue weighted by molar-refractivity contribution is 7.98. The first-order chi connectivity index (χ1) is 8.31. The minimum atomic E-state index is -0.379. The van der Waals surface area contributed by atoms with Crippen molar-refractivity contribution >= 4 is 11.8 Å². The molecule has 0 saturated heterocycles. The van der Waals surface area contributed by atoms with Gasteiger partial charge >= 0.3 is 0 Å². The van der Waals surface area contributed by atoms with Gasteiger partial charge in [-0.3, -0.25) is 0 Å². The molecule has 1 atom stereocenters. The number of furan rings is 1. The van der Waals surface area contributed by atoms with E-state index in [4.69, 9.17) is 4.42 Å². The molecule has 1 N–H and O–H groups in total. The third-order valence-corrected chi connectivity index (χ3v) is 3.73. The molecule has 0 aliphatic rings. The molecule has 2 rings (SSSR count). The first-order valence-corrected chi connectivity index (χ1v) is 6.72. The largest absolute Gasteiger partial charge is 0.468 e. The number of aliphatic hydroxyl groups is 1. The second kappa shape index (κ2) is 5.94. The Hall–Kier alpha value is -1.19. The van der Waals surface area contributed by atoms with Crippen LogP contribution in [0.5, 0.6) is 0 Å². The average Bonchev–Trinajstić information content (AvgIpc) is 2.89. The van der Waals surface area contributed by atoms with Crippen molar-refractivity contribution in [3.05, 3.63) is 54.0 Å². The number of thioether (sulfide) groups is 1. The van der Waals surface area contributed by atoms with E-state index in [1.54, 1.807) is 18.0 Å². The molecule has 2 nitrogen and oxygen atoms in total. The van der Waals surface area contributed by atoms with Gasteiger partial charge in [-0.1, -0.05) is 25.1 Å². The monoisotopic (exact) mass is 248 g/mol. The summed E-state index contributed by atoms with van der Waals surface area (Å²) in [5.74, 6) is 1.75. The van der Waals surface area contributed by atoms with Gasteiger partial charge in [0, 0.05) is 4.90 Å². The van der Waals surface area contributed by atoms with Gasteiger partial charge < -0.3 is 9.52 Å². The van der Waals surface area contributed by atoms with Crippen molar-refractivity contribution in [3.8, 4) is 0 Å². The average molecular weight is 248 g/mol. The van der Waals surface area contributed by atoms with Crippen LogP contribution in [0.15, 0.2) is 52.0 Å². The van der Waals surface area contributed by atoms with Crippen molar-refractivity contribution in [3.63, 3.8) is 0 Å². The minimum Gasteiger partial charge on any atom is -0.468 e. The van der Waals surface area contributed by atoms with Crippen LogP contribution in [0.4, 0.5) is 0 Å². The summed E-state index contributed by atoms with van der Waals surface area (Å²) in [6.07, 6.45) is 2.04. The smallest absolute Gasteiger partial charge is 0.113 e. The fourth-order valence-electron chi connectivity index (χ4n) is 1.65. The lowest BCUT2D eigenvalue weighted by Gasteiger charge is -2.12. The third-order valence-electron chi connectivity index (χ3n) is 2.61. The molecule has 90 valence electrons. The van der Waals surface area contributed by atoms with Crippen LogP contribution < -0.4 is 0 Å². The number of rotatable bonds is 5. The standard InChI is InChI=1S/C14H16O2S/c1-2-13(15)12-7-3-4-8-14(12)17-10-11-6-5-9-16-11/h3-9,13,15H,2,10H2,1H3/t13-/m0/s1. The van der Waals surface area contributed by atoms with E-state index in [1.807, 2.05) is 43.3 Å². The molecule has 3 heteroatoms. The van der Waals surface area contributed by atoms with Gasteiger partial charge in [-0.05, 0) is 30.2 Å². The third kappa shape index (κ3) is 3.14. The molecular formula is C14H16O2S. The predicted molar refractivity (Wildman–Crippen MR) is 70.0 cm³/mol. The molecule has 0 spiro atoms. The van der Waals surface area contributed by atoms with Crippen molar-refractivity contribution in [2.24, 2.45) is 0 Å². The van der Waals surface area contributed by atoms with Gasteiger partial charge in [0.25, 0.3) is 0 Å². The molecule has 0 unspecified atom stereocenters. The highest BCUT2D eigenvalue weighted by Crippen LogP contribution is 2.31. The van der Waals surface area contributed by atoms with Crippen LogP contribution in [0.25, 0.3) is 0 Å². The van der Waals surface area contributed by atoms with E-state index in [2.05, 4.69) is 0 Å². The van der Waals surface area contributed by atoms with Crippen molar-refractivity contribution in [1.82, 2.24) is 0 Å². The van der Waals surface area contributed by atoms with Crippen molar-refractivity contribution in [2.75, 3.05) is 0 Å². The zero-order valence-electron chi connectivity index (χ0n) is 9.80. The van der Waals surface area contributed by atoms with Gasteiger partial charge in [0.1, 0.15) is 5.76 Å². The Morgan fingerprint density at radius 3 is 2.76 bits per heavy atom. The Bertz CT molecular complexity index is 451. The topological polar surface area (TPSA) is 33.4 Å². The van der Waals surface area contributed by atoms with Crippen LogP contribution in [0.3, 0.4) is 0 Å². The van der Waals surface area contributed by atoms with Gasteiger partial charge in [0.15, 0.2) is 0 Å². The molecule has 1 heterocycles. The van der Waals surface area contributed by atoms with Gasteiger partial charge in [-0.2, -0.15) is 0 Å². The Labute approximate surface area is 106 Å². The van der Waals surface area contributed by atoms with E-state index in [9.17, 15) is 5.11 Å². The van der Waals surface area contributed by atoms with Crippen LogP contribution in [0.1, 0.15) is 30.8 Å². The molecule has 17 heavy (non-hydrogen) atoms. The number of hydrogen-bond acceptors (Lipinski definition) is 3. The van der Waals surface area contributed by atoms with Crippen LogP contribution in [-0.4, -0.2) is 5.11 Å². The number of aliphatic hydroxyl groups excluding tert-OH is 1. The van der Waals surface area contributed by atoms with Crippen molar-refractivity contribution in [1.29, 1.82) is 0 Å². The van der Waals surface area contributed by atoms with Crippen molar-refractivity contribution < 1.29 is 9.52 Å². The molecule has 0 aliphatic heterocycles. The van der Waals surface area contributed by atoms with E-state index in [1.165, 1.54) is 0 Å². The van der Waals surface area contributed by atoms with Gasteiger partial charge in [0.05, 0.1) is 18.1 Å². The summed E-state index contributed by atoms with van der Waals surface area (Å²) < 4.78 is 5.30. The van der Waals surface area contributed by atoms with Crippen LogP contribution in [0, 0.1) is 0 Å². The van der Waals surface area contributed by atoms with E-state index < -0.39 is 0 Å². The lowest BCUT2D eigenvalue weighted by molar-refractivity contribution is 0.171. The van der Waals surface area contributed by atoms with Gasteiger partial charge in [0.2, 0.25) is 0 Å². The Kier molecular flexibility index (Phi) is 4.29. The van der Waals surface area contributed by atoms with Crippen LogP contribution in [-0.2, 0) is 5.75 Å². The molecular weight excluding hydrogens is 232 g/mol. The first kappa shape index (κ1) is 12.3. The molecule has 1 aromatic carbocycles. The summed E-state index contributed by atoms with van der Waals surface area (Å²) in [6, 6.07) is 11.8. The van der Waals surface area contributed by atoms with Gasteiger partial charge in [-0.25, -0.2) is 0 Å². The number of hydrogen-bond donors (Lipinski definition) is 1. The summed E-state index contributed by atoms with van der Waals surface area (Å²) in [5.41, 5.74) is 1.01. The quantitative estimate of drug-likeness (QED) is 0.811. The summed E-state index contributed by atoms with van der Waals surface area (Å²) in [7, 11) is 0. The first-order valence-electron chi connectivity index (χ1n) is 5.73. The molecule has 2 aromatic rings. The van der Waals surface area contributed by atoms with Crippen LogP contribution in [0.2, 0.25) is 0 Å². The lowest BCUT2D eigenvalue weighted by atomic mass is 10.1. The Morgan fingerprint density at radius 2 is 2.06 bits per heavy atom. The summed E-state index contributed by atoms with van der Waals surface area (Å²) in [5, 5.41) is 9.93. The fraction of sp³-hybridized carbons (Fsp3) is 0.286. The zero-order valence-corrected chi connectivity index (χ0v) is 10.6. The molecule has 0 radical (unpaired) electrons. The second-order valence-corrected chi connectivity index (χ2v) is 4.85. The lowest BCUT2D eigenvalue weighted by Crippen LogP contribution is -1.97. The highest BCUT2D eigenvalue weighted by atomic mass is 32.2. The summed E-state index contributed by atoms with van der Waals surface area (Å²) >= 11 is 1.69. The van der Waals surface area contributed by atoms with Gasteiger partial charge in [-0.15, -0.1) is 11.8 Å². The fourth-order valence-corrected chi connectivity index (χ4v) is 2.66. The maximum absolute atomic E-state index is 9.93. The maximum atomic E-state index is 9.93. The van der Waals surface area contributed by atoms with Crippen molar-refractivity contribution in [2.45, 2.75) is 30.1 Å². The molecule has 0 fully saturated rings. The minimum absolute atomic E-state index is 0.379. The molecule has 1 aromatic heterocycles. The summed E-state index contributed by atoms with van der Waals surface area (Å²) in [6.45, 7) is 1.98. The number of benzene rings is 1. The summed E-state index contributed by atoms with van der Waals surface area (Å²) in [4.78, 5) is 1.12. The Morgan fingerprint density at radius 1 is 1.24 bits per heavy atom. The van der Waals surface area contributed by atoms with E-state index in [0.29, 0.717) is 0 Å². The molecule has 0 aliphatic carbocycles. The highest BCUT2D eigenvalue weighted by Gasteiger charge is 2.10. The van der Waals surface area contributed by atoms with Crippen LogP contribution >= 0.6 is 11.8 Å². The predicted octanol–water partition coefficient (Wildman–Crippen LogP) is 4.02. The normalized spacial score (nSPS) is 12.6. The zero-order chi connectivity index (χ0) is 12.1. The van der Waals surface area contributed by atoms with E-state index in [-0.39, 0.29) is 6.10 Å².